The van der Waals surface area contributed by atoms with Crippen LogP contribution in [0.3, 0.4) is 0 Å². The molecule has 0 radical (unpaired) electrons. The molecule has 0 bridgehead atoms. The lowest BCUT2D eigenvalue weighted by Gasteiger charge is -2.02. The first-order valence-electron chi connectivity index (χ1n) is 8.76. The lowest BCUT2D eigenvalue weighted by molar-refractivity contribution is 0.102. The van der Waals surface area contributed by atoms with E-state index in [1.807, 2.05) is 31.2 Å². The number of hydrogen-bond acceptors (Lipinski definition) is 2. The molecular formula is C21H18F2N4O. The molecular weight excluding hydrogens is 362 g/mol. The predicted molar refractivity (Wildman–Crippen MR) is 103 cm³/mol. The summed E-state index contributed by atoms with van der Waals surface area (Å²) < 4.78 is 28.5. The number of halogens is 2. The summed E-state index contributed by atoms with van der Waals surface area (Å²) in [5.41, 5.74) is 4.21. The van der Waals surface area contributed by atoms with Crippen LogP contribution in [0.2, 0.25) is 0 Å². The van der Waals surface area contributed by atoms with Crippen molar-refractivity contribution in [3.05, 3.63) is 82.8 Å². The van der Waals surface area contributed by atoms with Gasteiger partial charge in [-0.2, -0.15) is 5.10 Å². The summed E-state index contributed by atoms with van der Waals surface area (Å²) >= 11 is 0. The van der Waals surface area contributed by atoms with Gasteiger partial charge in [-0.1, -0.05) is 29.8 Å². The number of carbonyl (C=O) groups is 1. The molecule has 2 heterocycles. The fourth-order valence-electron chi connectivity index (χ4n) is 3.10. The van der Waals surface area contributed by atoms with Gasteiger partial charge >= 0.3 is 0 Å². The van der Waals surface area contributed by atoms with Gasteiger partial charge in [-0.05, 0) is 24.6 Å². The minimum atomic E-state index is -0.971. The van der Waals surface area contributed by atoms with Gasteiger partial charge in [0.05, 0.1) is 11.2 Å². The van der Waals surface area contributed by atoms with Crippen LogP contribution in [0, 0.1) is 18.6 Å². The molecule has 4 rings (SSSR count). The Morgan fingerprint density at radius 3 is 2.61 bits per heavy atom. The third-order valence-corrected chi connectivity index (χ3v) is 4.69. The number of aromatic nitrogens is 3. The quantitative estimate of drug-likeness (QED) is 0.554. The van der Waals surface area contributed by atoms with E-state index < -0.39 is 17.5 Å². The Labute approximate surface area is 160 Å². The number of anilines is 1. The van der Waals surface area contributed by atoms with Crippen molar-refractivity contribution in [2.75, 3.05) is 5.32 Å². The standard InChI is InChI=1S/C21H18F2N4O/c1-12-3-5-13(6-4-12)7-14-8-19(26-27(14)2)21(28)25-20-11-24-18-10-17(23)16(22)9-15(18)20/h3-6,8-11,24H,7H2,1-2H3,(H,25,28). The van der Waals surface area contributed by atoms with Gasteiger partial charge in [0, 0.05) is 36.8 Å². The topological polar surface area (TPSA) is 62.7 Å². The number of fused-ring (bicyclic) bond motifs is 1. The third-order valence-electron chi connectivity index (χ3n) is 4.69. The second-order valence-electron chi connectivity index (χ2n) is 6.78. The second kappa shape index (κ2) is 6.92. The number of amides is 1. The van der Waals surface area contributed by atoms with Crippen molar-refractivity contribution in [2.24, 2.45) is 7.05 Å². The Hall–Kier alpha value is -3.48. The number of nitrogens with zero attached hydrogens (tertiary/aromatic N) is 2. The number of carbonyl (C=O) groups excluding carboxylic acids is 1. The van der Waals surface area contributed by atoms with Crippen LogP contribution in [-0.2, 0) is 13.5 Å². The van der Waals surface area contributed by atoms with Crippen molar-refractivity contribution in [2.45, 2.75) is 13.3 Å². The SMILES string of the molecule is Cc1ccc(Cc2cc(C(=O)Nc3c[nH]c4cc(F)c(F)cc34)nn2C)cc1. The number of nitrogens with one attached hydrogen (secondary N) is 2. The Bertz CT molecular complexity index is 1180. The van der Waals surface area contributed by atoms with Gasteiger partial charge in [0.25, 0.3) is 5.91 Å². The zero-order chi connectivity index (χ0) is 19.8. The molecule has 0 aliphatic heterocycles. The monoisotopic (exact) mass is 380 g/mol. The number of benzene rings is 2. The van der Waals surface area contributed by atoms with E-state index in [1.54, 1.807) is 17.8 Å². The fourth-order valence-corrected chi connectivity index (χ4v) is 3.10. The highest BCUT2D eigenvalue weighted by molar-refractivity contribution is 6.08. The summed E-state index contributed by atoms with van der Waals surface area (Å²) in [6.07, 6.45) is 2.15. The van der Waals surface area contributed by atoms with Gasteiger partial charge in [-0.3, -0.25) is 9.48 Å². The predicted octanol–water partition coefficient (Wildman–Crippen LogP) is 4.33. The largest absolute Gasteiger partial charge is 0.359 e. The van der Waals surface area contributed by atoms with Crippen molar-refractivity contribution in [1.29, 1.82) is 0 Å². The molecule has 4 aromatic rings. The van der Waals surface area contributed by atoms with Crippen LogP contribution in [0.4, 0.5) is 14.5 Å². The fraction of sp³-hybridized carbons (Fsp3) is 0.143. The minimum absolute atomic E-state index is 0.251. The summed E-state index contributed by atoms with van der Waals surface area (Å²) in [4.78, 5) is 15.4. The molecule has 0 unspecified atom stereocenters. The van der Waals surface area contributed by atoms with Crippen LogP contribution in [0.15, 0.2) is 48.7 Å². The van der Waals surface area contributed by atoms with Gasteiger partial charge in [0.1, 0.15) is 0 Å². The van der Waals surface area contributed by atoms with E-state index in [2.05, 4.69) is 15.4 Å². The van der Waals surface area contributed by atoms with Crippen LogP contribution in [-0.4, -0.2) is 20.7 Å². The van der Waals surface area contributed by atoms with E-state index in [0.717, 1.165) is 23.4 Å². The summed E-state index contributed by atoms with van der Waals surface area (Å²) in [6, 6.07) is 12.0. The first kappa shape index (κ1) is 17.9. The molecule has 0 aliphatic rings. The molecule has 0 atom stereocenters. The summed E-state index contributed by atoms with van der Waals surface area (Å²) in [7, 11) is 1.78. The number of aromatic amines is 1. The van der Waals surface area contributed by atoms with Gasteiger partial charge in [-0.25, -0.2) is 8.78 Å². The minimum Gasteiger partial charge on any atom is -0.359 e. The molecule has 0 fully saturated rings. The smallest absolute Gasteiger partial charge is 0.276 e. The van der Waals surface area contributed by atoms with Gasteiger partial charge in [0.15, 0.2) is 17.3 Å². The highest BCUT2D eigenvalue weighted by atomic mass is 19.2. The van der Waals surface area contributed by atoms with E-state index in [9.17, 15) is 13.6 Å². The Morgan fingerprint density at radius 2 is 1.86 bits per heavy atom. The van der Waals surface area contributed by atoms with Crippen LogP contribution in [0.5, 0.6) is 0 Å². The molecule has 5 nitrogen and oxygen atoms in total. The Kier molecular flexibility index (Phi) is 4.43. The second-order valence-corrected chi connectivity index (χ2v) is 6.78. The highest BCUT2D eigenvalue weighted by Crippen LogP contribution is 2.26. The third kappa shape index (κ3) is 3.38. The van der Waals surface area contributed by atoms with Crippen molar-refractivity contribution in [3.8, 4) is 0 Å². The molecule has 2 aromatic carbocycles. The number of aryl methyl sites for hydroxylation is 2. The number of rotatable bonds is 4. The molecule has 0 spiro atoms. The zero-order valence-corrected chi connectivity index (χ0v) is 15.4. The van der Waals surface area contributed by atoms with E-state index in [-0.39, 0.29) is 5.69 Å². The van der Waals surface area contributed by atoms with Crippen LogP contribution in [0.25, 0.3) is 10.9 Å². The number of hydrogen-bond donors (Lipinski definition) is 2. The van der Waals surface area contributed by atoms with Crippen LogP contribution >= 0.6 is 0 Å². The molecule has 0 saturated heterocycles. The van der Waals surface area contributed by atoms with E-state index >= 15 is 0 Å². The molecule has 28 heavy (non-hydrogen) atoms. The van der Waals surface area contributed by atoms with Crippen molar-refractivity contribution < 1.29 is 13.6 Å². The Balaban J connectivity index is 1.56. The van der Waals surface area contributed by atoms with Crippen molar-refractivity contribution in [1.82, 2.24) is 14.8 Å². The molecule has 0 saturated carbocycles. The highest BCUT2D eigenvalue weighted by Gasteiger charge is 2.16. The summed E-state index contributed by atoms with van der Waals surface area (Å²) in [5.74, 6) is -2.34. The van der Waals surface area contributed by atoms with Crippen LogP contribution in [0.1, 0.15) is 27.3 Å². The molecule has 0 aliphatic carbocycles. The van der Waals surface area contributed by atoms with E-state index in [0.29, 0.717) is 23.0 Å². The molecule has 2 N–H and O–H groups in total. The Morgan fingerprint density at radius 1 is 1.14 bits per heavy atom. The molecule has 142 valence electrons. The maximum absolute atomic E-state index is 13.5. The van der Waals surface area contributed by atoms with Gasteiger partial charge in [-0.15, -0.1) is 0 Å². The van der Waals surface area contributed by atoms with Crippen molar-refractivity contribution in [3.63, 3.8) is 0 Å². The average Bonchev–Trinajstić information content (AvgIpc) is 3.21. The van der Waals surface area contributed by atoms with Crippen molar-refractivity contribution >= 4 is 22.5 Å². The zero-order valence-electron chi connectivity index (χ0n) is 15.4. The van der Waals surface area contributed by atoms with E-state index in [1.165, 1.54) is 11.8 Å². The molecule has 2 aromatic heterocycles. The number of H-pyrrole nitrogens is 1. The first-order chi connectivity index (χ1) is 13.4. The van der Waals surface area contributed by atoms with Gasteiger partial charge < -0.3 is 10.3 Å². The maximum atomic E-state index is 13.5. The van der Waals surface area contributed by atoms with E-state index in [4.69, 9.17) is 0 Å². The summed E-state index contributed by atoms with van der Waals surface area (Å²) in [6.45, 7) is 2.03. The lowest BCUT2D eigenvalue weighted by Crippen LogP contribution is -2.12. The van der Waals surface area contributed by atoms with Gasteiger partial charge in [0.2, 0.25) is 0 Å². The lowest BCUT2D eigenvalue weighted by atomic mass is 10.1. The normalized spacial score (nSPS) is 11.1. The first-order valence-corrected chi connectivity index (χ1v) is 8.76. The maximum Gasteiger partial charge on any atom is 0.276 e. The summed E-state index contributed by atoms with van der Waals surface area (Å²) in [5, 5.41) is 7.37. The average molecular weight is 380 g/mol. The molecule has 7 heteroatoms. The van der Waals surface area contributed by atoms with Crippen LogP contribution < -0.4 is 5.32 Å². The molecule has 1 amide bonds.